The molecule has 1 saturated heterocycles. The van der Waals surface area contributed by atoms with Crippen LogP contribution in [0.5, 0.6) is 0 Å². The van der Waals surface area contributed by atoms with Crippen LogP contribution in [0.25, 0.3) is 0 Å². The van der Waals surface area contributed by atoms with Gasteiger partial charge in [0.25, 0.3) is 0 Å². The van der Waals surface area contributed by atoms with Gasteiger partial charge in [0.1, 0.15) is 0 Å². The Bertz CT molecular complexity index is 856. The van der Waals surface area contributed by atoms with Gasteiger partial charge in [-0.15, -0.1) is 0 Å². The monoisotopic (exact) mass is 566 g/mol. The summed E-state index contributed by atoms with van der Waals surface area (Å²) >= 11 is 0. The molecule has 1 aliphatic heterocycles. The van der Waals surface area contributed by atoms with Crippen molar-refractivity contribution in [3.63, 3.8) is 0 Å². The van der Waals surface area contributed by atoms with Crippen LogP contribution in [0.1, 0.15) is 163 Å². The first-order valence-electron chi connectivity index (χ1n) is 19.1. The third kappa shape index (κ3) is 4.75. The Kier molecular flexibility index (Phi) is 8.32. The molecule has 7 aliphatic rings. The van der Waals surface area contributed by atoms with Gasteiger partial charge in [0.15, 0.2) is 0 Å². The van der Waals surface area contributed by atoms with Gasteiger partial charge < -0.3 is 0 Å². The molecule has 7 fully saturated rings. The number of fused-ring (bicyclic) bond motifs is 8. The standard InChI is InChI=1S/C39H67P/c1-26(2)11-10-12-27(3)33-19-20-34-32-18-17-28-25-29(21-23-38(28,4)35(32)22-24-39(33,34)5)40-36-15-8-6-13-30(36)31-14-7-9-16-37(31)40/h26-37H,6-25H2,1-5H3/t27-,28+,29-,30?,31?,32+,33-,34+,35+,36?,37?,38+,39-,40?/m1/s1. The van der Waals surface area contributed by atoms with Gasteiger partial charge in [-0.3, -0.25) is 0 Å². The normalized spacial score (nSPS) is 52.8. The second-order valence-electron chi connectivity index (χ2n) is 18.1. The third-order valence-corrected chi connectivity index (χ3v) is 20.3. The van der Waals surface area contributed by atoms with E-state index in [0.29, 0.717) is 18.8 Å². The fourth-order valence-corrected chi connectivity index (χ4v) is 19.4. The Hall–Kier alpha value is 0.430. The van der Waals surface area contributed by atoms with Crippen molar-refractivity contribution in [3.05, 3.63) is 0 Å². The molecule has 4 unspecified atom stereocenters. The topological polar surface area (TPSA) is 0 Å². The van der Waals surface area contributed by atoms with Crippen LogP contribution < -0.4 is 0 Å². The molecule has 0 spiro atoms. The van der Waals surface area contributed by atoms with Crippen molar-refractivity contribution in [3.8, 4) is 0 Å². The van der Waals surface area contributed by atoms with Crippen LogP contribution in [0.15, 0.2) is 0 Å². The summed E-state index contributed by atoms with van der Waals surface area (Å²) in [5, 5.41) is 0. The van der Waals surface area contributed by atoms with Gasteiger partial charge in [-0.25, -0.2) is 0 Å². The first kappa shape index (κ1) is 29.2. The van der Waals surface area contributed by atoms with E-state index in [1.165, 1.54) is 48.1 Å². The zero-order valence-electron chi connectivity index (χ0n) is 27.5. The molecule has 0 bridgehead atoms. The van der Waals surface area contributed by atoms with Crippen molar-refractivity contribution in [2.75, 3.05) is 0 Å². The minimum absolute atomic E-state index is 0.308. The van der Waals surface area contributed by atoms with E-state index in [1.54, 1.807) is 109 Å². The number of hydrogen-bond donors (Lipinski definition) is 0. The fourth-order valence-electron chi connectivity index (χ4n) is 14.3. The van der Waals surface area contributed by atoms with Crippen LogP contribution in [0.4, 0.5) is 0 Å². The molecular weight excluding hydrogens is 499 g/mol. The van der Waals surface area contributed by atoms with Crippen molar-refractivity contribution in [1.29, 1.82) is 0 Å². The molecule has 0 aromatic carbocycles. The highest BCUT2D eigenvalue weighted by Crippen LogP contribution is 2.74. The number of hydrogen-bond acceptors (Lipinski definition) is 0. The molecule has 1 heterocycles. The summed E-state index contributed by atoms with van der Waals surface area (Å²) < 4.78 is 0. The lowest BCUT2D eigenvalue weighted by molar-refractivity contribution is -0.113. The van der Waals surface area contributed by atoms with E-state index in [4.69, 9.17) is 0 Å². The summed E-state index contributed by atoms with van der Waals surface area (Å²) in [5.41, 5.74) is 4.93. The molecule has 6 saturated carbocycles. The van der Waals surface area contributed by atoms with Crippen molar-refractivity contribution in [2.45, 2.75) is 180 Å². The average Bonchev–Trinajstić information content (AvgIpc) is 3.47. The highest BCUT2D eigenvalue weighted by molar-refractivity contribution is 7.60. The Morgan fingerprint density at radius 1 is 0.625 bits per heavy atom. The van der Waals surface area contributed by atoms with Gasteiger partial charge in [0.05, 0.1) is 0 Å². The molecule has 6 aliphatic carbocycles. The van der Waals surface area contributed by atoms with Gasteiger partial charge in [-0.2, -0.15) is 0 Å². The predicted octanol–water partition coefficient (Wildman–Crippen LogP) is 12.1. The van der Waals surface area contributed by atoms with Crippen LogP contribution in [-0.2, 0) is 0 Å². The SMILES string of the molecule is CC(C)CCC[C@@H](C)[C@H]1CC[C@H]2[C@@H]3CC[C@H]4C[C@H](P5C6CCCCC6C6CCCCC65)CC[C@]4(C)[C@H]3CC[C@]12C. The summed E-state index contributed by atoms with van der Waals surface area (Å²) in [5.74, 6) is 9.48. The van der Waals surface area contributed by atoms with E-state index >= 15 is 0 Å². The molecule has 0 aromatic rings. The molecule has 7 rings (SSSR count). The van der Waals surface area contributed by atoms with E-state index in [1.807, 2.05) is 0 Å². The maximum atomic E-state index is 2.86. The molecule has 0 radical (unpaired) electrons. The van der Waals surface area contributed by atoms with E-state index in [2.05, 4.69) is 34.6 Å². The molecule has 0 nitrogen and oxygen atoms in total. The summed E-state index contributed by atoms with van der Waals surface area (Å²) in [7, 11) is 0.308. The molecule has 40 heavy (non-hydrogen) atoms. The molecule has 0 amide bonds. The second-order valence-corrected chi connectivity index (χ2v) is 21.0. The highest BCUT2D eigenvalue weighted by Gasteiger charge is 2.62. The Morgan fingerprint density at radius 2 is 1.27 bits per heavy atom. The molecule has 0 aromatic heterocycles. The van der Waals surface area contributed by atoms with Crippen LogP contribution in [-0.4, -0.2) is 17.0 Å². The largest absolute Gasteiger partial charge is 0.0966 e. The maximum Gasteiger partial charge on any atom is -0.0173 e. The van der Waals surface area contributed by atoms with E-state index in [-0.39, 0.29) is 0 Å². The summed E-state index contributed by atoms with van der Waals surface area (Å²) in [6.45, 7) is 13.2. The summed E-state index contributed by atoms with van der Waals surface area (Å²) in [6, 6.07) is 0. The van der Waals surface area contributed by atoms with Crippen LogP contribution in [0.3, 0.4) is 0 Å². The van der Waals surface area contributed by atoms with E-state index in [0.717, 1.165) is 41.4 Å². The maximum absolute atomic E-state index is 2.86. The van der Waals surface area contributed by atoms with Gasteiger partial charge in [0.2, 0.25) is 0 Å². The average molecular weight is 567 g/mol. The third-order valence-electron chi connectivity index (χ3n) is 16.1. The smallest absolute Gasteiger partial charge is 0.0173 e. The van der Waals surface area contributed by atoms with Gasteiger partial charge in [0, 0.05) is 0 Å². The Balaban J connectivity index is 1.04. The van der Waals surface area contributed by atoms with Crippen molar-refractivity contribution < 1.29 is 0 Å². The molecular formula is C39H67P. The van der Waals surface area contributed by atoms with Gasteiger partial charge in [-0.05, 0) is 165 Å². The second kappa shape index (κ2) is 11.4. The molecule has 13 atom stereocenters. The molecule has 0 N–H and O–H groups in total. The zero-order chi connectivity index (χ0) is 27.6. The Morgan fingerprint density at radius 3 is 1.98 bits per heavy atom. The van der Waals surface area contributed by atoms with Crippen molar-refractivity contribution in [1.82, 2.24) is 0 Å². The van der Waals surface area contributed by atoms with Crippen molar-refractivity contribution in [2.24, 2.45) is 64.1 Å². The first-order chi connectivity index (χ1) is 19.3. The molecule has 1 heteroatoms. The highest BCUT2D eigenvalue weighted by atomic mass is 31.1. The van der Waals surface area contributed by atoms with Crippen LogP contribution >= 0.6 is 7.92 Å². The fraction of sp³-hybridized carbons (Fsp3) is 1.00. The van der Waals surface area contributed by atoms with Gasteiger partial charge >= 0.3 is 0 Å². The lowest BCUT2D eigenvalue weighted by Gasteiger charge is -2.62. The van der Waals surface area contributed by atoms with E-state index in [9.17, 15) is 0 Å². The first-order valence-corrected chi connectivity index (χ1v) is 20.6. The van der Waals surface area contributed by atoms with Crippen LogP contribution in [0, 0.1) is 64.1 Å². The van der Waals surface area contributed by atoms with E-state index < -0.39 is 0 Å². The Labute approximate surface area is 251 Å². The summed E-state index contributed by atoms with van der Waals surface area (Å²) in [6.07, 6.45) is 31.7. The zero-order valence-corrected chi connectivity index (χ0v) is 28.4. The molecule has 228 valence electrons. The van der Waals surface area contributed by atoms with Crippen molar-refractivity contribution >= 4 is 7.92 Å². The number of rotatable bonds is 6. The minimum atomic E-state index is 0.308. The minimum Gasteiger partial charge on any atom is -0.0966 e. The van der Waals surface area contributed by atoms with Crippen LogP contribution in [0.2, 0.25) is 0 Å². The van der Waals surface area contributed by atoms with Gasteiger partial charge in [-0.1, -0.05) is 87.5 Å². The lowest BCUT2D eigenvalue weighted by atomic mass is 9.44. The predicted molar refractivity (Wildman–Crippen MR) is 175 cm³/mol. The summed E-state index contributed by atoms with van der Waals surface area (Å²) in [4.78, 5) is 0. The quantitative estimate of drug-likeness (QED) is 0.280. The lowest BCUT2D eigenvalue weighted by Crippen LogP contribution is -2.54.